The number of hydrogen-bond acceptors (Lipinski definition) is 3. The van der Waals surface area contributed by atoms with E-state index in [2.05, 4.69) is 9.46 Å². The van der Waals surface area contributed by atoms with Crippen LogP contribution in [0.5, 0.6) is 5.75 Å². The van der Waals surface area contributed by atoms with Crippen LogP contribution in [0, 0.1) is 0 Å². The lowest BCUT2D eigenvalue weighted by molar-refractivity contribution is -0.274. The third-order valence-corrected chi connectivity index (χ3v) is 1.93. The van der Waals surface area contributed by atoms with Crippen LogP contribution in [0.2, 0.25) is 0 Å². The van der Waals surface area contributed by atoms with Gasteiger partial charge in [0.1, 0.15) is 5.75 Å². The summed E-state index contributed by atoms with van der Waals surface area (Å²) in [6, 6.07) is 4.89. The maximum atomic E-state index is 11.8. The van der Waals surface area contributed by atoms with E-state index >= 15 is 0 Å². The molecule has 1 aromatic carbocycles. The minimum absolute atomic E-state index is 0.0163. The highest BCUT2D eigenvalue weighted by Gasteiger charge is 2.30. The predicted octanol–water partition coefficient (Wildman–Crippen LogP) is 1.47. The first-order chi connectivity index (χ1) is 7.37. The first-order valence-corrected chi connectivity index (χ1v) is 5.12. The molecule has 4 nitrogen and oxygen atoms in total. The molecule has 8 heteroatoms. The zero-order chi connectivity index (χ0) is 12.2. The highest BCUT2D eigenvalue weighted by Crippen LogP contribution is 2.22. The van der Waals surface area contributed by atoms with Crippen molar-refractivity contribution in [2.24, 2.45) is 0 Å². The lowest BCUT2D eigenvalue weighted by Crippen LogP contribution is -2.17. The van der Waals surface area contributed by atoms with E-state index in [1.54, 1.807) is 0 Å². The summed E-state index contributed by atoms with van der Waals surface area (Å²) in [6.07, 6.45) is -4.73. The number of rotatable bonds is 4. The van der Waals surface area contributed by atoms with E-state index in [1.165, 1.54) is 12.1 Å². The topological polar surface area (TPSA) is 61.4 Å². The average molecular weight is 254 g/mol. The lowest BCUT2D eigenvalue weighted by atomic mass is 10.2. The molecular weight excluding hydrogens is 247 g/mol. The largest absolute Gasteiger partial charge is 0.760 e. The number of hydrogen-bond donors (Lipinski definition) is 1. The van der Waals surface area contributed by atoms with Gasteiger partial charge in [0, 0.05) is 17.8 Å². The van der Waals surface area contributed by atoms with Gasteiger partial charge in [-0.15, -0.1) is 13.2 Å². The second-order valence-electron chi connectivity index (χ2n) is 2.75. The molecular formula is C8H7F3NO3S-. The molecule has 0 bridgehead atoms. The Hall–Kier alpha value is -1.12. The van der Waals surface area contributed by atoms with Crippen LogP contribution in [-0.2, 0) is 17.8 Å². The molecule has 0 aliphatic heterocycles. The summed E-state index contributed by atoms with van der Waals surface area (Å²) in [5.74, 6) is -0.348. The van der Waals surface area contributed by atoms with Gasteiger partial charge < -0.3 is 9.29 Å². The molecule has 1 N–H and O–H groups in total. The van der Waals surface area contributed by atoms with Gasteiger partial charge in [-0.1, -0.05) is 12.1 Å². The van der Waals surface area contributed by atoms with Crippen molar-refractivity contribution in [3.8, 4) is 5.75 Å². The first kappa shape index (κ1) is 12.9. The Labute approximate surface area is 91.8 Å². The van der Waals surface area contributed by atoms with Crippen LogP contribution >= 0.6 is 0 Å². The number of alkyl halides is 3. The van der Waals surface area contributed by atoms with E-state index in [1.807, 2.05) is 0 Å². The van der Waals surface area contributed by atoms with E-state index in [0.717, 1.165) is 12.1 Å². The Kier molecular flexibility index (Phi) is 4.27. The minimum atomic E-state index is -4.73. The maximum absolute atomic E-state index is 11.8. The van der Waals surface area contributed by atoms with Gasteiger partial charge in [-0.25, -0.2) is 4.72 Å². The Balaban J connectivity index is 2.57. The van der Waals surface area contributed by atoms with Crippen LogP contribution in [0.25, 0.3) is 0 Å². The maximum Gasteiger partial charge on any atom is 0.573 e. The smallest absolute Gasteiger partial charge is 0.573 e. The van der Waals surface area contributed by atoms with E-state index in [9.17, 15) is 21.9 Å². The van der Waals surface area contributed by atoms with Crippen molar-refractivity contribution >= 4 is 11.3 Å². The molecule has 16 heavy (non-hydrogen) atoms. The highest BCUT2D eigenvalue weighted by molar-refractivity contribution is 7.77. The molecule has 0 amide bonds. The summed E-state index contributed by atoms with van der Waals surface area (Å²) in [5, 5.41) is 0. The van der Waals surface area contributed by atoms with Crippen LogP contribution in [0.4, 0.5) is 13.2 Å². The predicted molar refractivity (Wildman–Crippen MR) is 48.9 cm³/mol. The molecule has 90 valence electrons. The second kappa shape index (κ2) is 5.28. The van der Waals surface area contributed by atoms with E-state index in [0.29, 0.717) is 5.56 Å². The third kappa shape index (κ3) is 5.10. The molecule has 1 unspecified atom stereocenters. The Bertz CT molecular complexity index is 366. The number of halogens is 3. The van der Waals surface area contributed by atoms with Crippen molar-refractivity contribution in [2.45, 2.75) is 12.9 Å². The summed E-state index contributed by atoms with van der Waals surface area (Å²) < 4.78 is 61.3. The summed E-state index contributed by atoms with van der Waals surface area (Å²) in [5.41, 5.74) is 0.527. The van der Waals surface area contributed by atoms with Gasteiger partial charge in [0.05, 0.1) is 0 Å². The Morgan fingerprint density at radius 1 is 1.31 bits per heavy atom. The van der Waals surface area contributed by atoms with Crippen LogP contribution < -0.4 is 9.46 Å². The van der Waals surface area contributed by atoms with Crippen LogP contribution in [-0.4, -0.2) is 15.1 Å². The number of nitrogens with one attached hydrogen (secondary N) is 1. The molecule has 0 aromatic heterocycles. The molecule has 0 heterocycles. The second-order valence-corrected chi connectivity index (χ2v) is 3.51. The highest BCUT2D eigenvalue weighted by atomic mass is 32.2. The third-order valence-electron chi connectivity index (χ3n) is 1.55. The first-order valence-electron chi connectivity index (χ1n) is 4.04. The van der Waals surface area contributed by atoms with Crippen molar-refractivity contribution < 1.29 is 26.7 Å². The van der Waals surface area contributed by atoms with Crippen molar-refractivity contribution in [3.05, 3.63) is 29.8 Å². The standard InChI is InChI=1S/C8H8F3NO3S/c9-8(10,11)15-7-3-1-6(2-4-7)5-12-16(13)14/h1-4,12H,5H2,(H,13,14)/p-1. The molecule has 0 aliphatic rings. The Morgan fingerprint density at radius 2 is 1.88 bits per heavy atom. The van der Waals surface area contributed by atoms with E-state index in [-0.39, 0.29) is 12.3 Å². The summed E-state index contributed by atoms with van der Waals surface area (Å²) in [7, 11) is 0. The summed E-state index contributed by atoms with van der Waals surface area (Å²) in [6.45, 7) is 0.0163. The molecule has 0 saturated carbocycles. The van der Waals surface area contributed by atoms with Gasteiger partial charge in [-0.3, -0.25) is 4.21 Å². The summed E-state index contributed by atoms with van der Waals surface area (Å²) >= 11 is -2.40. The Morgan fingerprint density at radius 3 is 2.31 bits per heavy atom. The molecule has 0 radical (unpaired) electrons. The molecule has 0 aliphatic carbocycles. The molecule has 0 spiro atoms. The zero-order valence-electron chi connectivity index (χ0n) is 7.78. The van der Waals surface area contributed by atoms with Crippen molar-refractivity contribution in [2.75, 3.05) is 0 Å². The van der Waals surface area contributed by atoms with Gasteiger partial charge in [0.2, 0.25) is 0 Å². The lowest BCUT2D eigenvalue weighted by Gasteiger charge is -2.10. The van der Waals surface area contributed by atoms with E-state index < -0.39 is 17.6 Å². The van der Waals surface area contributed by atoms with Crippen molar-refractivity contribution in [1.29, 1.82) is 0 Å². The zero-order valence-corrected chi connectivity index (χ0v) is 8.60. The normalized spacial score (nSPS) is 13.5. The molecule has 0 fully saturated rings. The monoisotopic (exact) mass is 254 g/mol. The molecule has 0 saturated heterocycles. The molecule has 1 atom stereocenters. The van der Waals surface area contributed by atoms with Gasteiger partial charge in [-0.2, -0.15) is 0 Å². The minimum Gasteiger partial charge on any atom is -0.760 e. The fourth-order valence-corrected chi connectivity index (χ4v) is 1.24. The van der Waals surface area contributed by atoms with Gasteiger partial charge >= 0.3 is 6.36 Å². The molecule has 1 aromatic rings. The number of benzene rings is 1. The fraction of sp³-hybridized carbons (Fsp3) is 0.250. The fourth-order valence-electron chi connectivity index (χ4n) is 0.951. The van der Waals surface area contributed by atoms with Crippen molar-refractivity contribution in [1.82, 2.24) is 4.72 Å². The van der Waals surface area contributed by atoms with Crippen LogP contribution in [0.1, 0.15) is 5.56 Å². The van der Waals surface area contributed by atoms with Crippen LogP contribution in [0.3, 0.4) is 0 Å². The van der Waals surface area contributed by atoms with Crippen molar-refractivity contribution in [3.63, 3.8) is 0 Å². The average Bonchev–Trinajstić information content (AvgIpc) is 2.14. The summed E-state index contributed by atoms with van der Waals surface area (Å²) in [4.78, 5) is 0. The number of ether oxygens (including phenoxy) is 1. The van der Waals surface area contributed by atoms with Gasteiger partial charge in [0.25, 0.3) is 0 Å². The SMILES string of the molecule is O=S([O-])NCc1ccc(OC(F)(F)F)cc1. The van der Waals surface area contributed by atoms with E-state index in [4.69, 9.17) is 0 Å². The van der Waals surface area contributed by atoms with Gasteiger partial charge in [0.15, 0.2) is 0 Å². The quantitative estimate of drug-likeness (QED) is 0.827. The van der Waals surface area contributed by atoms with Gasteiger partial charge in [-0.05, 0) is 17.7 Å². The molecule has 1 rings (SSSR count). The van der Waals surface area contributed by atoms with Crippen LogP contribution in [0.15, 0.2) is 24.3 Å².